The molecule has 0 saturated carbocycles. The molecule has 0 aliphatic carbocycles. The van der Waals surface area contributed by atoms with Gasteiger partial charge in [-0.25, -0.2) is 4.79 Å². The molecule has 0 aliphatic heterocycles. The molecule has 0 aliphatic rings. The quantitative estimate of drug-likeness (QED) is 0.373. The number of carbonyl (C=O) groups is 2. The van der Waals surface area contributed by atoms with E-state index in [0.29, 0.717) is 21.2 Å². The van der Waals surface area contributed by atoms with Crippen molar-refractivity contribution in [2.24, 2.45) is 5.16 Å². The lowest BCUT2D eigenvalue weighted by Gasteiger charge is -2.08. The lowest BCUT2D eigenvalue weighted by molar-refractivity contribution is -0.114. The largest absolute Gasteiger partial charge is 0.462 e. The highest BCUT2D eigenvalue weighted by Gasteiger charge is 2.27. The number of nitrogens with one attached hydrogen (secondary N) is 1. The number of carbonyl (C=O) groups excluding carboxylic acids is 2. The molecule has 2 rings (SSSR count). The van der Waals surface area contributed by atoms with Crippen LogP contribution in [0.25, 0.3) is 11.1 Å². The lowest BCUT2D eigenvalue weighted by Crippen LogP contribution is -2.11. The summed E-state index contributed by atoms with van der Waals surface area (Å²) >= 11 is 1.17. The zero-order valence-corrected chi connectivity index (χ0v) is 14.4. The number of rotatable bonds is 5. The topological polar surface area (TPSA) is 88.0 Å². The number of nitrogens with zero attached hydrogens (tertiary/aromatic N) is 1. The first kappa shape index (κ1) is 17.7. The molecule has 1 aromatic heterocycles. The fourth-order valence-corrected chi connectivity index (χ4v) is 3.45. The number of amides is 1. The molecule has 1 amide bonds. The van der Waals surface area contributed by atoms with Crippen molar-refractivity contribution >= 4 is 33.9 Å². The van der Waals surface area contributed by atoms with Crippen molar-refractivity contribution in [3.8, 4) is 11.1 Å². The molecule has 0 bridgehead atoms. The molecular formula is C17H18N2O4S. The second kappa shape index (κ2) is 7.74. The third kappa shape index (κ3) is 3.62. The molecule has 2 N–H and O–H groups in total. The SMILES string of the molecule is CCOC(=O)c1c(NC(C)=O)sc(/C(C)=N/O)c1-c1ccccc1. The van der Waals surface area contributed by atoms with Gasteiger partial charge in [-0.1, -0.05) is 35.5 Å². The van der Waals surface area contributed by atoms with E-state index in [1.165, 1.54) is 18.3 Å². The normalized spacial score (nSPS) is 11.2. The summed E-state index contributed by atoms with van der Waals surface area (Å²) in [5.41, 5.74) is 1.96. The predicted molar refractivity (Wildman–Crippen MR) is 94.0 cm³/mol. The summed E-state index contributed by atoms with van der Waals surface area (Å²) in [4.78, 5) is 24.6. The molecule has 2 aromatic rings. The number of benzene rings is 1. The predicted octanol–water partition coefficient (Wildman–Crippen LogP) is 3.75. The molecule has 0 radical (unpaired) electrons. The molecule has 0 saturated heterocycles. The molecule has 0 spiro atoms. The third-order valence-corrected chi connectivity index (χ3v) is 4.43. The molecule has 24 heavy (non-hydrogen) atoms. The number of anilines is 1. The van der Waals surface area contributed by atoms with Crippen LogP contribution in [0, 0.1) is 0 Å². The number of esters is 1. The Balaban J connectivity index is 2.77. The summed E-state index contributed by atoms with van der Waals surface area (Å²) in [7, 11) is 0. The van der Waals surface area contributed by atoms with Gasteiger partial charge >= 0.3 is 5.97 Å². The zero-order chi connectivity index (χ0) is 17.7. The summed E-state index contributed by atoms with van der Waals surface area (Å²) in [5, 5.41) is 15.5. The maximum absolute atomic E-state index is 12.5. The highest BCUT2D eigenvalue weighted by molar-refractivity contribution is 7.19. The van der Waals surface area contributed by atoms with Gasteiger partial charge < -0.3 is 15.3 Å². The van der Waals surface area contributed by atoms with E-state index in [1.54, 1.807) is 13.8 Å². The van der Waals surface area contributed by atoms with Crippen LogP contribution in [-0.4, -0.2) is 29.4 Å². The molecule has 126 valence electrons. The molecule has 0 unspecified atom stereocenters. The minimum Gasteiger partial charge on any atom is -0.462 e. The van der Waals surface area contributed by atoms with Crippen LogP contribution < -0.4 is 5.32 Å². The van der Waals surface area contributed by atoms with E-state index in [0.717, 1.165) is 5.56 Å². The van der Waals surface area contributed by atoms with Crippen LogP contribution >= 0.6 is 11.3 Å². The van der Waals surface area contributed by atoms with Crippen molar-refractivity contribution in [1.29, 1.82) is 0 Å². The molecule has 0 fully saturated rings. The van der Waals surface area contributed by atoms with E-state index in [1.807, 2.05) is 30.3 Å². The Kier molecular flexibility index (Phi) is 5.70. The number of hydrogen-bond acceptors (Lipinski definition) is 6. The van der Waals surface area contributed by atoms with Crippen LogP contribution in [-0.2, 0) is 9.53 Å². The first-order valence-corrected chi connectivity index (χ1v) is 8.17. The van der Waals surface area contributed by atoms with Crippen molar-refractivity contribution in [1.82, 2.24) is 0 Å². The third-order valence-electron chi connectivity index (χ3n) is 3.22. The van der Waals surface area contributed by atoms with Gasteiger partial charge in [0, 0.05) is 12.5 Å². The van der Waals surface area contributed by atoms with Crippen LogP contribution in [0.15, 0.2) is 35.5 Å². The van der Waals surface area contributed by atoms with Crippen molar-refractivity contribution in [2.45, 2.75) is 20.8 Å². The molecule has 0 atom stereocenters. The first-order chi connectivity index (χ1) is 11.5. The summed E-state index contributed by atoms with van der Waals surface area (Å²) in [6.45, 7) is 4.92. The Hall–Kier alpha value is -2.67. The van der Waals surface area contributed by atoms with Gasteiger partial charge in [0.05, 0.1) is 17.2 Å². The fourth-order valence-electron chi connectivity index (χ4n) is 2.26. The number of oxime groups is 1. The van der Waals surface area contributed by atoms with E-state index in [-0.39, 0.29) is 18.1 Å². The first-order valence-electron chi connectivity index (χ1n) is 7.35. The highest BCUT2D eigenvalue weighted by Crippen LogP contribution is 2.41. The standard InChI is InChI=1S/C17H18N2O4S/c1-4-23-17(21)14-13(12-8-6-5-7-9-12)15(10(2)19-22)24-16(14)18-11(3)20/h5-9,22H,4H2,1-3H3,(H,18,20)/b19-10+. The van der Waals surface area contributed by atoms with Crippen LogP contribution in [0.5, 0.6) is 0 Å². The maximum atomic E-state index is 12.5. The van der Waals surface area contributed by atoms with Gasteiger partial charge in [-0.15, -0.1) is 11.3 Å². The van der Waals surface area contributed by atoms with Crippen LogP contribution in [0.1, 0.15) is 36.0 Å². The van der Waals surface area contributed by atoms with Gasteiger partial charge in [-0.05, 0) is 19.4 Å². The number of ether oxygens (including phenoxy) is 1. The lowest BCUT2D eigenvalue weighted by atomic mass is 9.99. The average Bonchev–Trinajstić information content (AvgIpc) is 2.93. The van der Waals surface area contributed by atoms with Crippen molar-refractivity contribution in [3.05, 3.63) is 40.8 Å². The van der Waals surface area contributed by atoms with Gasteiger partial charge in [-0.3, -0.25) is 4.79 Å². The molecule has 6 nitrogen and oxygen atoms in total. The fraction of sp³-hybridized carbons (Fsp3) is 0.235. The smallest absolute Gasteiger partial charge is 0.341 e. The maximum Gasteiger partial charge on any atom is 0.341 e. The summed E-state index contributed by atoms with van der Waals surface area (Å²) in [6.07, 6.45) is 0. The van der Waals surface area contributed by atoms with Crippen molar-refractivity contribution in [2.75, 3.05) is 11.9 Å². The molecular weight excluding hydrogens is 328 g/mol. The van der Waals surface area contributed by atoms with Gasteiger partial charge in [0.1, 0.15) is 10.6 Å². The molecule has 7 heteroatoms. The van der Waals surface area contributed by atoms with Crippen LogP contribution in [0.4, 0.5) is 5.00 Å². The second-order valence-electron chi connectivity index (χ2n) is 4.96. The summed E-state index contributed by atoms with van der Waals surface area (Å²) < 4.78 is 5.15. The van der Waals surface area contributed by atoms with E-state index in [9.17, 15) is 14.8 Å². The van der Waals surface area contributed by atoms with E-state index >= 15 is 0 Å². The van der Waals surface area contributed by atoms with Crippen molar-refractivity contribution < 1.29 is 19.5 Å². The molecule has 1 heterocycles. The number of hydrogen-bond donors (Lipinski definition) is 2. The van der Waals surface area contributed by atoms with Gasteiger partial charge in [-0.2, -0.15) is 0 Å². The van der Waals surface area contributed by atoms with Gasteiger partial charge in [0.15, 0.2) is 0 Å². The van der Waals surface area contributed by atoms with Gasteiger partial charge in [0.2, 0.25) is 5.91 Å². The second-order valence-corrected chi connectivity index (χ2v) is 5.98. The van der Waals surface area contributed by atoms with E-state index in [2.05, 4.69) is 10.5 Å². The van der Waals surface area contributed by atoms with Crippen LogP contribution in [0.2, 0.25) is 0 Å². The Morgan fingerprint density at radius 2 is 1.92 bits per heavy atom. The Morgan fingerprint density at radius 1 is 1.25 bits per heavy atom. The van der Waals surface area contributed by atoms with E-state index in [4.69, 9.17) is 4.74 Å². The number of thiophene rings is 1. The summed E-state index contributed by atoms with van der Waals surface area (Å²) in [5.74, 6) is -0.833. The Morgan fingerprint density at radius 3 is 2.46 bits per heavy atom. The Labute approximate surface area is 143 Å². The highest BCUT2D eigenvalue weighted by atomic mass is 32.1. The minimum absolute atomic E-state index is 0.213. The zero-order valence-electron chi connectivity index (χ0n) is 13.6. The van der Waals surface area contributed by atoms with E-state index < -0.39 is 5.97 Å². The summed E-state index contributed by atoms with van der Waals surface area (Å²) in [6, 6.07) is 9.23. The monoisotopic (exact) mass is 346 g/mol. The Bertz CT molecular complexity index is 781. The van der Waals surface area contributed by atoms with Crippen molar-refractivity contribution in [3.63, 3.8) is 0 Å². The van der Waals surface area contributed by atoms with Crippen LogP contribution in [0.3, 0.4) is 0 Å². The molecule has 1 aromatic carbocycles. The van der Waals surface area contributed by atoms with Gasteiger partial charge in [0.25, 0.3) is 0 Å². The average molecular weight is 346 g/mol. The minimum atomic E-state index is -0.534.